The van der Waals surface area contributed by atoms with E-state index in [1.807, 2.05) is 70.5 Å². The number of anilines is 1. The number of likely N-dealkylation sites (N-methyl/N-ethyl adjacent to an activating group) is 1. The maximum absolute atomic E-state index is 12.8. The van der Waals surface area contributed by atoms with Crippen molar-refractivity contribution in [2.45, 2.75) is 19.4 Å². The predicted molar refractivity (Wildman–Crippen MR) is 102 cm³/mol. The van der Waals surface area contributed by atoms with Gasteiger partial charge in [0.2, 0.25) is 5.91 Å². The van der Waals surface area contributed by atoms with Crippen LogP contribution in [-0.4, -0.2) is 32.0 Å². The minimum absolute atomic E-state index is 0.0503. The van der Waals surface area contributed by atoms with Crippen LogP contribution in [0.5, 0.6) is 0 Å². The molecule has 0 bridgehead atoms. The molecule has 1 amide bonds. The van der Waals surface area contributed by atoms with Crippen molar-refractivity contribution in [3.63, 3.8) is 0 Å². The van der Waals surface area contributed by atoms with Gasteiger partial charge in [0, 0.05) is 38.8 Å². The number of nitrogens with zero attached hydrogens (tertiary/aromatic N) is 2. The van der Waals surface area contributed by atoms with Crippen molar-refractivity contribution in [1.29, 1.82) is 0 Å². The Bertz CT molecular complexity index is 849. The van der Waals surface area contributed by atoms with Crippen LogP contribution in [0, 0.1) is 0 Å². The first-order valence-electron chi connectivity index (χ1n) is 8.45. The molecule has 0 saturated heterocycles. The second-order valence-corrected chi connectivity index (χ2v) is 6.67. The molecule has 0 radical (unpaired) electrons. The average molecular weight is 336 g/mol. The number of furan rings is 1. The second kappa shape index (κ2) is 7.01. The van der Waals surface area contributed by atoms with Crippen molar-refractivity contribution in [1.82, 2.24) is 4.90 Å². The SMILES string of the molecule is CC(C(=O)N(C)Cc1cccc(N(C)C)c1)c1cc2ccccc2o1. The van der Waals surface area contributed by atoms with Gasteiger partial charge in [-0.05, 0) is 36.8 Å². The largest absolute Gasteiger partial charge is 0.460 e. The first kappa shape index (κ1) is 17.1. The number of benzene rings is 2. The number of carbonyl (C=O) groups is 1. The fourth-order valence-corrected chi connectivity index (χ4v) is 2.95. The Morgan fingerprint density at radius 1 is 1.04 bits per heavy atom. The number of carbonyl (C=O) groups excluding carboxylic acids is 1. The summed E-state index contributed by atoms with van der Waals surface area (Å²) in [5.74, 6) is 0.448. The van der Waals surface area contributed by atoms with Gasteiger partial charge in [-0.1, -0.05) is 30.3 Å². The Kier molecular flexibility index (Phi) is 4.79. The number of rotatable bonds is 5. The van der Waals surface area contributed by atoms with E-state index >= 15 is 0 Å². The quantitative estimate of drug-likeness (QED) is 0.698. The number of hydrogen-bond donors (Lipinski definition) is 0. The van der Waals surface area contributed by atoms with E-state index in [0.717, 1.165) is 22.2 Å². The monoisotopic (exact) mass is 336 g/mol. The maximum Gasteiger partial charge on any atom is 0.233 e. The van der Waals surface area contributed by atoms with E-state index in [1.54, 1.807) is 4.90 Å². The van der Waals surface area contributed by atoms with E-state index < -0.39 is 0 Å². The van der Waals surface area contributed by atoms with E-state index in [9.17, 15) is 4.79 Å². The van der Waals surface area contributed by atoms with Crippen LogP contribution >= 0.6 is 0 Å². The minimum atomic E-state index is -0.311. The van der Waals surface area contributed by atoms with Crippen molar-refractivity contribution in [3.8, 4) is 0 Å². The Labute approximate surface area is 148 Å². The van der Waals surface area contributed by atoms with Gasteiger partial charge in [0.05, 0.1) is 5.92 Å². The summed E-state index contributed by atoms with van der Waals surface area (Å²) in [5.41, 5.74) is 3.06. The standard InChI is InChI=1S/C21H24N2O2/c1-15(20-13-17-9-5-6-11-19(17)25-20)21(24)23(4)14-16-8-7-10-18(12-16)22(2)3/h5-13,15H,14H2,1-4H3. The summed E-state index contributed by atoms with van der Waals surface area (Å²) in [4.78, 5) is 16.6. The molecular weight excluding hydrogens is 312 g/mol. The average Bonchev–Trinajstić information content (AvgIpc) is 3.04. The third-order valence-electron chi connectivity index (χ3n) is 4.46. The molecule has 4 nitrogen and oxygen atoms in total. The van der Waals surface area contributed by atoms with E-state index in [-0.39, 0.29) is 11.8 Å². The first-order valence-corrected chi connectivity index (χ1v) is 8.45. The van der Waals surface area contributed by atoms with Crippen LogP contribution < -0.4 is 4.90 Å². The summed E-state index contributed by atoms with van der Waals surface area (Å²) >= 11 is 0. The Hall–Kier alpha value is -2.75. The molecule has 130 valence electrons. The molecule has 0 spiro atoms. The van der Waals surface area contributed by atoms with E-state index in [2.05, 4.69) is 17.0 Å². The molecule has 0 aliphatic carbocycles. The van der Waals surface area contributed by atoms with Crippen LogP contribution in [0.4, 0.5) is 5.69 Å². The van der Waals surface area contributed by atoms with Gasteiger partial charge in [0.25, 0.3) is 0 Å². The molecule has 0 aliphatic heterocycles. The normalized spacial score (nSPS) is 12.2. The fraction of sp³-hybridized carbons (Fsp3) is 0.286. The first-order chi connectivity index (χ1) is 12.0. The molecule has 4 heteroatoms. The molecule has 1 atom stereocenters. The number of hydrogen-bond acceptors (Lipinski definition) is 3. The molecule has 3 aromatic rings. The van der Waals surface area contributed by atoms with Gasteiger partial charge >= 0.3 is 0 Å². The topological polar surface area (TPSA) is 36.7 Å². The fourth-order valence-electron chi connectivity index (χ4n) is 2.95. The minimum Gasteiger partial charge on any atom is -0.460 e. The summed E-state index contributed by atoms with van der Waals surface area (Å²) in [5, 5.41) is 1.03. The summed E-state index contributed by atoms with van der Waals surface area (Å²) < 4.78 is 5.85. The van der Waals surface area contributed by atoms with Crippen molar-refractivity contribution >= 4 is 22.6 Å². The van der Waals surface area contributed by atoms with E-state index in [1.165, 1.54) is 0 Å². The van der Waals surface area contributed by atoms with Crippen molar-refractivity contribution in [2.75, 3.05) is 26.0 Å². The highest BCUT2D eigenvalue weighted by molar-refractivity contribution is 5.85. The molecular formula is C21H24N2O2. The lowest BCUT2D eigenvalue weighted by Crippen LogP contribution is -2.30. The lowest BCUT2D eigenvalue weighted by atomic mass is 10.1. The van der Waals surface area contributed by atoms with Crippen LogP contribution in [0.3, 0.4) is 0 Å². The molecule has 0 fully saturated rings. The van der Waals surface area contributed by atoms with Crippen LogP contribution in [0.2, 0.25) is 0 Å². The van der Waals surface area contributed by atoms with Crippen molar-refractivity contribution in [2.24, 2.45) is 0 Å². The van der Waals surface area contributed by atoms with Gasteiger partial charge in [0.15, 0.2) is 0 Å². The zero-order valence-corrected chi connectivity index (χ0v) is 15.2. The summed E-state index contributed by atoms with van der Waals surface area (Å²) in [6.07, 6.45) is 0. The summed E-state index contributed by atoms with van der Waals surface area (Å²) in [7, 11) is 5.86. The lowest BCUT2D eigenvalue weighted by Gasteiger charge is -2.21. The predicted octanol–water partition coefficient (Wildman–Crippen LogP) is 4.26. The van der Waals surface area contributed by atoms with E-state index in [4.69, 9.17) is 4.42 Å². The van der Waals surface area contributed by atoms with Gasteiger partial charge in [-0.3, -0.25) is 4.79 Å². The highest BCUT2D eigenvalue weighted by Crippen LogP contribution is 2.26. The molecule has 3 rings (SSSR count). The van der Waals surface area contributed by atoms with Gasteiger partial charge in [0.1, 0.15) is 11.3 Å². The highest BCUT2D eigenvalue weighted by atomic mass is 16.3. The van der Waals surface area contributed by atoms with E-state index in [0.29, 0.717) is 12.3 Å². The molecule has 1 aromatic heterocycles. The third kappa shape index (κ3) is 3.68. The van der Waals surface area contributed by atoms with Crippen LogP contribution in [0.25, 0.3) is 11.0 Å². The van der Waals surface area contributed by atoms with Gasteiger partial charge in [-0.2, -0.15) is 0 Å². The highest BCUT2D eigenvalue weighted by Gasteiger charge is 2.23. The lowest BCUT2D eigenvalue weighted by molar-refractivity contribution is -0.132. The Morgan fingerprint density at radius 3 is 2.52 bits per heavy atom. The molecule has 0 saturated carbocycles. The zero-order valence-electron chi connectivity index (χ0n) is 15.2. The zero-order chi connectivity index (χ0) is 18.0. The summed E-state index contributed by atoms with van der Waals surface area (Å²) in [6.45, 7) is 2.47. The molecule has 1 heterocycles. The number of amides is 1. The molecule has 25 heavy (non-hydrogen) atoms. The summed E-state index contributed by atoms with van der Waals surface area (Å²) in [6, 6.07) is 18.0. The number of para-hydroxylation sites is 1. The van der Waals surface area contributed by atoms with Crippen molar-refractivity contribution in [3.05, 3.63) is 65.9 Å². The molecule has 1 unspecified atom stereocenters. The Morgan fingerprint density at radius 2 is 1.80 bits per heavy atom. The van der Waals surface area contributed by atoms with Crippen LogP contribution in [0.1, 0.15) is 24.2 Å². The molecule has 0 aliphatic rings. The Balaban J connectivity index is 1.74. The third-order valence-corrected chi connectivity index (χ3v) is 4.46. The van der Waals surface area contributed by atoms with Crippen LogP contribution in [0.15, 0.2) is 59.0 Å². The second-order valence-electron chi connectivity index (χ2n) is 6.67. The van der Waals surface area contributed by atoms with Crippen molar-refractivity contribution < 1.29 is 9.21 Å². The molecule has 2 aromatic carbocycles. The van der Waals surface area contributed by atoms with Gasteiger partial charge < -0.3 is 14.2 Å². The molecule has 0 N–H and O–H groups in total. The van der Waals surface area contributed by atoms with Crippen LogP contribution in [-0.2, 0) is 11.3 Å². The van der Waals surface area contributed by atoms with Gasteiger partial charge in [-0.15, -0.1) is 0 Å². The maximum atomic E-state index is 12.8. The number of fused-ring (bicyclic) bond motifs is 1. The smallest absolute Gasteiger partial charge is 0.233 e. The van der Waals surface area contributed by atoms with Gasteiger partial charge in [-0.25, -0.2) is 0 Å².